The van der Waals surface area contributed by atoms with Gasteiger partial charge in [-0.3, -0.25) is 14.4 Å². The second kappa shape index (κ2) is 14.8. The van der Waals surface area contributed by atoms with Crippen LogP contribution in [0.15, 0.2) is 66.7 Å². The number of carboxylic acids is 1. The van der Waals surface area contributed by atoms with Crippen LogP contribution in [0.4, 0.5) is 36.4 Å². The van der Waals surface area contributed by atoms with Gasteiger partial charge in [0.05, 0.1) is 18.0 Å². The largest absolute Gasteiger partial charge is 0.573 e. The molecule has 2 atom stereocenters. The Labute approximate surface area is 252 Å². The van der Waals surface area contributed by atoms with Crippen molar-refractivity contribution < 1.29 is 59.7 Å². The number of amides is 2. The summed E-state index contributed by atoms with van der Waals surface area (Å²) in [6, 6.07) is 12.6. The van der Waals surface area contributed by atoms with Gasteiger partial charge in [-0.25, -0.2) is 4.39 Å². The molecule has 242 valence electrons. The number of halogens is 7. The fourth-order valence-electron chi connectivity index (χ4n) is 4.55. The van der Waals surface area contributed by atoms with Crippen molar-refractivity contribution in [1.82, 2.24) is 5.32 Å². The van der Waals surface area contributed by atoms with E-state index in [4.69, 9.17) is 5.11 Å². The van der Waals surface area contributed by atoms with Crippen molar-refractivity contribution in [1.29, 1.82) is 0 Å². The predicted molar refractivity (Wildman–Crippen MR) is 146 cm³/mol. The van der Waals surface area contributed by atoms with E-state index in [1.165, 1.54) is 24.3 Å². The third-order valence-electron chi connectivity index (χ3n) is 6.41. The summed E-state index contributed by atoms with van der Waals surface area (Å²) in [5.74, 6) is -6.94. The first-order valence-electron chi connectivity index (χ1n) is 13.4. The minimum absolute atomic E-state index is 0.107. The number of rotatable bonds is 13. The third kappa shape index (κ3) is 10.7. The molecule has 45 heavy (non-hydrogen) atoms. The van der Waals surface area contributed by atoms with Gasteiger partial charge in [-0.15, -0.1) is 26.3 Å². The lowest BCUT2D eigenvalue weighted by Gasteiger charge is -2.28. The van der Waals surface area contributed by atoms with Crippen molar-refractivity contribution in [2.24, 2.45) is 0 Å². The molecule has 0 bridgehead atoms. The Morgan fingerprint density at radius 3 is 1.91 bits per heavy atom. The van der Waals surface area contributed by atoms with E-state index in [2.05, 4.69) is 20.1 Å². The van der Waals surface area contributed by atoms with Crippen molar-refractivity contribution in [2.45, 2.75) is 50.7 Å². The Kier molecular flexibility index (Phi) is 11.4. The summed E-state index contributed by atoms with van der Waals surface area (Å²) in [6.07, 6.45) is -9.48. The number of aliphatic carboxylic acids is 1. The summed E-state index contributed by atoms with van der Waals surface area (Å²) < 4.78 is 98.1. The molecule has 2 amide bonds. The van der Waals surface area contributed by atoms with Gasteiger partial charge >= 0.3 is 18.7 Å². The SMILES string of the molecule is CCCC(c1ccc(C(=O)NCCC(=O)O)cc1)C(C(=O)Nc1ccc(OC(F)(F)F)cc1F)c1ccc(OC(F)(F)F)cc1. The van der Waals surface area contributed by atoms with Gasteiger partial charge in [0.15, 0.2) is 0 Å². The highest BCUT2D eigenvalue weighted by molar-refractivity contribution is 5.97. The quantitative estimate of drug-likeness (QED) is 0.171. The molecule has 0 saturated carbocycles. The molecule has 3 aromatic rings. The summed E-state index contributed by atoms with van der Waals surface area (Å²) in [5.41, 5.74) is 0.468. The number of ether oxygens (including phenoxy) is 2. The Morgan fingerprint density at radius 2 is 1.38 bits per heavy atom. The molecule has 3 rings (SSSR count). The Bertz CT molecular complexity index is 1480. The molecule has 0 aromatic heterocycles. The highest BCUT2D eigenvalue weighted by Gasteiger charge is 2.34. The number of hydrogen-bond donors (Lipinski definition) is 3. The van der Waals surface area contributed by atoms with E-state index in [1.54, 1.807) is 12.1 Å². The van der Waals surface area contributed by atoms with Gasteiger partial charge in [0.25, 0.3) is 5.91 Å². The van der Waals surface area contributed by atoms with Gasteiger partial charge < -0.3 is 25.2 Å². The number of carbonyl (C=O) groups excluding carboxylic acids is 2. The van der Waals surface area contributed by atoms with Gasteiger partial charge in [-0.05, 0) is 59.9 Å². The summed E-state index contributed by atoms with van der Waals surface area (Å²) in [5, 5.41) is 13.6. The maximum Gasteiger partial charge on any atom is 0.573 e. The van der Waals surface area contributed by atoms with E-state index >= 15 is 0 Å². The Morgan fingerprint density at radius 1 is 0.822 bits per heavy atom. The number of nitrogens with one attached hydrogen (secondary N) is 2. The number of hydrogen-bond acceptors (Lipinski definition) is 5. The third-order valence-corrected chi connectivity index (χ3v) is 6.41. The van der Waals surface area contributed by atoms with Crippen LogP contribution in [0.3, 0.4) is 0 Å². The van der Waals surface area contributed by atoms with Crippen LogP contribution in [-0.2, 0) is 9.59 Å². The van der Waals surface area contributed by atoms with E-state index in [0.29, 0.717) is 24.5 Å². The number of anilines is 1. The summed E-state index contributed by atoms with van der Waals surface area (Å²) >= 11 is 0. The van der Waals surface area contributed by atoms with E-state index in [0.717, 1.165) is 24.3 Å². The first-order chi connectivity index (χ1) is 21.1. The van der Waals surface area contributed by atoms with Gasteiger partial charge in [0.2, 0.25) is 5.91 Å². The van der Waals surface area contributed by atoms with Gasteiger partial charge in [-0.2, -0.15) is 0 Å². The first-order valence-corrected chi connectivity index (χ1v) is 13.4. The molecular weight excluding hydrogens is 617 g/mol. The summed E-state index contributed by atoms with van der Waals surface area (Å²) in [7, 11) is 0. The molecule has 0 radical (unpaired) electrons. The van der Waals surface area contributed by atoms with Crippen LogP contribution in [0.2, 0.25) is 0 Å². The van der Waals surface area contributed by atoms with E-state index in [1.807, 2.05) is 6.92 Å². The molecule has 0 saturated heterocycles. The zero-order valence-electron chi connectivity index (χ0n) is 23.5. The molecule has 8 nitrogen and oxygen atoms in total. The molecule has 0 fully saturated rings. The zero-order valence-corrected chi connectivity index (χ0v) is 23.5. The van der Waals surface area contributed by atoms with Crippen LogP contribution < -0.4 is 20.1 Å². The van der Waals surface area contributed by atoms with Crippen LogP contribution in [0.1, 0.15) is 59.5 Å². The van der Waals surface area contributed by atoms with Gasteiger partial charge in [-0.1, -0.05) is 37.6 Å². The number of alkyl halides is 6. The minimum Gasteiger partial charge on any atom is -0.481 e. The summed E-state index contributed by atoms with van der Waals surface area (Å²) in [4.78, 5) is 36.8. The molecule has 0 heterocycles. The molecule has 3 aromatic carbocycles. The molecule has 0 aliphatic rings. The topological polar surface area (TPSA) is 114 Å². The second-order valence-electron chi connectivity index (χ2n) is 9.69. The Hall–Kier alpha value is -4.82. The van der Waals surface area contributed by atoms with E-state index < -0.39 is 65.3 Å². The zero-order chi connectivity index (χ0) is 33.4. The molecule has 0 spiro atoms. The average Bonchev–Trinajstić information content (AvgIpc) is 2.93. The van der Waals surface area contributed by atoms with Crippen LogP contribution in [0.5, 0.6) is 11.5 Å². The lowest BCUT2D eigenvalue weighted by Crippen LogP contribution is -2.28. The van der Waals surface area contributed by atoms with Crippen LogP contribution in [-0.4, -0.2) is 42.2 Å². The molecule has 0 aliphatic carbocycles. The van der Waals surface area contributed by atoms with Gasteiger partial charge in [0.1, 0.15) is 17.3 Å². The van der Waals surface area contributed by atoms with Crippen LogP contribution >= 0.6 is 0 Å². The predicted octanol–water partition coefficient (Wildman–Crippen LogP) is 7.13. The highest BCUT2D eigenvalue weighted by atomic mass is 19.4. The van der Waals surface area contributed by atoms with Crippen molar-refractivity contribution in [3.63, 3.8) is 0 Å². The van der Waals surface area contributed by atoms with Crippen molar-refractivity contribution in [3.8, 4) is 11.5 Å². The fourth-order valence-corrected chi connectivity index (χ4v) is 4.55. The lowest BCUT2D eigenvalue weighted by atomic mass is 9.78. The number of benzene rings is 3. The second-order valence-corrected chi connectivity index (χ2v) is 9.69. The van der Waals surface area contributed by atoms with Crippen molar-refractivity contribution in [2.75, 3.05) is 11.9 Å². The molecule has 2 unspecified atom stereocenters. The Balaban J connectivity index is 1.97. The monoisotopic (exact) mass is 644 g/mol. The smallest absolute Gasteiger partial charge is 0.481 e. The maximum absolute atomic E-state index is 14.7. The minimum atomic E-state index is -5.08. The van der Waals surface area contributed by atoms with E-state index in [-0.39, 0.29) is 24.1 Å². The molecule has 0 aliphatic heterocycles. The highest BCUT2D eigenvalue weighted by Crippen LogP contribution is 2.39. The van der Waals surface area contributed by atoms with Crippen molar-refractivity contribution >= 4 is 23.5 Å². The molecule has 3 N–H and O–H groups in total. The van der Waals surface area contributed by atoms with Crippen LogP contribution in [0, 0.1) is 5.82 Å². The first kappa shape index (κ1) is 34.7. The standard InChI is InChI=1S/C30H27F7N2O6/c1-2-3-22(17-4-6-19(7-5-17)27(42)38-15-14-25(40)41)26(18-8-10-20(11-9-18)44-29(32,33)34)28(43)39-24-13-12-21(16-23(24)31)45-30(35,36)37/h4-13,16,22,26H,2-3,14-15H2,1H3,(H,38,42)(H,39,43)(H,40,41). The number of carboxylic acid groups (broad SMARTS) is 1. The van der Waals surface area contributed by atoms with Gasteiger partial charge in [0, 0.05) is 18.2 Å². The number of carbonyl (C=O) groups is 3. The molecule has 15 heteroatoms. The lowest BCUT2D eigenvalue weighted by molar-refractivity contribution is -0.275. The molecular formula is C30H27F7N2O6. The van der Waals surface area contributed by atoms with E-state index in [9.17, 15) is 45.1 Å². The van der Waals surface area contributed by atoms with Crippen molar-refractivity contribution in [3.05, 3.63) is 89.2 Å². The maximum atomic E-state index is 14.7. The van der Waals surface area contributed by atoms with Crippen LogP contribution in [0.25, 0.3) is 0 Å². The summed E-state index contributed by atoms with van der Waals surface area (Å²) in [6.45, 7) is 1.70. The normalized spacial score (nSPS) is 13.0. The fraction of sp³-hybridized carbons (Fsp3) is 0.300. The average molecular weight is 645 g/mol.